The van der Waals surface area contributed by atoms with Crippen molar-refractivity contribution in [3.63, 3.8) is 0 Å². The second kappa shape index (κ2) is 5.35. The van der Waals surface area contributed by atoms with E-state index >= 15 is 0 Å². The molecule has 16 heavy (non-hydrogen) atoms. The lowest BCUT2D eigenvalue weighted by molar-refractivity contribution is 0.333. The Hall–Kier alpha value is -1.02. The average Bonchev–Trinajstić information content (AvgIpc) is 2.16. The number of hydrogen-bond donors (Lipinski definition) is 1. The van der Waals surface area contributed by atoms with Crippen molar-refractivity contribution in [2.75, 3.05) is 6.61 Å². The van der Waals surface area contributed by atoms with Gasteiger partial charge in [-0.2, -0.15) is 0 Å². The predicted molar refractivity (Wildman–Crippen MR) is 68.6 cm³/mol. The first-order valence-electron chi connectivity index (χ1n) is 5.91. The molecular formula is C14H23NO. The van der Waals surface area contributed by atoms with E-state index in [9.17, 15) is 0 Å². The highest BCUT2D eigenvalue weighted by Gasteiger charge is 2.17. The normalized spacial score (nSPS) is 13.6. The highest BCUT2D eigenvalue weighted by Crippen LogP contribution is 2.29. The standard InChI is InChI=1S/C14H23NO/c1-5-16-12-8-6-7-11(9-12)13(15)10-14(2,3)4/h6-9,13H,5,10,15H2,1-4H3. The van der Waals surface area contributed by atoms with Crippen molar-refractivity contribution in [1.29, 1.82) is 0 Å². The maximum atomic E-state index is 6.19. The first-order valence-corrected chi connectivity index (χ1v) is 5.91. The topological polar surface area (TPSA) is 35.2 Å². The molecule has 2 heteroatoms. The lowest BCUT2D eigenvalue weighted by Gasteiger charge is -2.23. The summed E-state index contributed by atoms with van der Waals surface area (Å²) in [6.07, 6.45) is 0.975. The smallest absolute Gasteiger partial charge is 0.119 e. The minimum Gasteiger partial charge on any atom is -0.494 e. The first kappa shape index (κ1) is 13.0. The second-order valence-corrected chi connectivity index (χ2v) is 5.38. The molecule has 2 N–H and O–H groups in total. The number of nitrogens with two attached hydrogens (primary N) is 1. The van der Waals surface area contributed by atoms with Gasteiger partial charge in [0.2, 0.25) is 0 Å². The maximum Gasteiger partial charge on any atom is 0.119 e. The highest BCUT2D eigenvalue weighted by atomic mass is 16.5. The van der Waals surface area contributed by atoms with Crippen molar-refractivity contribution in [1.82, 2.24) is 0 Å². The van der Waals surface area contributed by atoms with Crippen LogP contribution in [0.5, 0.6) is 5.75 Å². The van der Waals surface area contributed by atoms with Gasteiger partial charge in [-0.15, -0.1) is 0 Å². The van der Waals surface area contributed by atoms with E-state index in [2.05, 4.69) is 26.8 Å². The molecule has 0 saturated carbocycles. The van der Waals surface area contributed by atoms with Crippen molar-refractivity contribution >= 4 is 0 Å². The fraction of sp³-hybridized carbons (Fsp3) is 0.571. The third-order valence-corrected chi connectivity index (χ3v) is 2.43. The fourth-order valence-corrected chi connectivity index (χ4v) is 1.78. The van der Waals surface area contributed by atoms with E-state index < -0.39 is 0 Å². The summed E-state index contributed by atoms with van der Waals surface area (Å²) < 4.78 is 5.47. The monoisotopic (exact) mass is 221 g/mol. The van der Waals surface area contributed by atoms with E-state index in [1.165, 1.54) is 0 Å². The third kappa shape index (κ3) is 4.23. The van der Waals surface area contributed by atoms with E-state index in [4.69, 9.17) is 10.5 Å². The number of rotatable bonds is 4. The van der Waals surface area contributed by atoms with Gasteiger partial charge in [0.15, 0.2) is 0 Å². The van der Waals surface area contributed by atoms with Crippen LogP contribution in [0.25, 0.3) is 0 Å². The molecule has 1 rings (SSSR count). The Kier molecular flexibility index (Phi) is 4.36. The largest absolute Gasteiger partial charge is 0.494 e. The summed E-state index contributed by atoms with van der Waals surface area (Å²) in [6.45, 7) is 9.30. The fourth-order valence-electron chi connectivity index (χ4n) is 1.78. The van der Waals surface area contributed by atoms with Crippen LogP contribution in [-0.2, 0) is 0 Å². The third-order valence-electron chi connectivity index (χ3n) is 2.43. The summed E-state index contributed by atoms with van der Waals surface area (Å²) in [7, 11) is 0. The van der Waals surface area contributed by atoms with Gasteiger partial charge in [-0.05, 0) is 36.5 Å². The van der Waals surface area contributed by atoms with E-state index in [-0.39, 0.29) is 11.5 Å². The Morgan fingerprint density at radius 1 is 1.31 bits per heavy atom. The summed E-state index contributed by atoms with van der Waals surface area (Å²) in [5, 5.41) is 0. The van der Waals surface area contributed by atoms with Gasteiger partial charge in [0.05, 0.1) is 6.61 Å². The zero-order chi connectivity index (χ0) is 12.2. The molecule has 0 fully saturated rings. The van der Waals surface area contributed by atoms with E-state index in [1.807, 2.05) is 25.1 Å². The lowest BCUT2D eigenvalue weighted by Crippen LogP contribution is -2.18. The Morgan fingerprint density at radius 2 is 2.00 bits per heavy atom. The minimum atomic E-state index is 0.0837. The summed E-state index contributed by atoms with van der Waals surface area (Å²) in [6, 6.07) is 8.17. The Labute approximate surface area is 98.8 Å². The maximum absolute atomic E-state index is 6.19. The van der Waals surface area contributed by atoms with E-state index in [0.717, 1.165) is 17.7 Å². The molecule has 1 aromatic carbocycles. The Bertz CT molecular complexity index is 328. The van der Waals surface area contributed by atoms with Gasteiger partial charge >= 0.3 is 0 Å². The van der Waals surface area contributed by atoms with Crippen LogP contribution in [0.1, 0.15) is 45.7 Å². The molecule has 0 aromatic heterocycles. The van der Waals surface area contributed by atoms with Crippen LogP contribution in [0.4, 0.5) is 0 Å². The van der Waals surface area contributed by atoms with Crippen LogP contribution in [-0.4, -0.2) is 6.61 Å². The Morgan fingerprint density at radius 3 is 2.56 bits per heavy atom. The molecule has 0 bridgehead atoms. The van der Waals surface area contributed by atoms with Crippen LogP contribution in [0, 0.1) is 5.41 Å². The van der Waals surface area contributed by atoms with Gasteiger partial charge in [0.1, 0.15) is 5.75 Å². The molecule has 1 aromatic rings. The number of benzene rings is 1. The molecule has 0 amide bonds. The van der Waals surface area contributed by atoms with Gasteiger partial charge in [-0.1, -0.05) is 32.9 Å². The molecule has 0 aliphatic rings. The van der Waals surface area contributed by atoms with Crippen molar-refractivity contribution in [3.05, 3.63) is 29.8 Å². The van der Waals surface area contributed by atoms with Crippen molar-refractivity contribution < 1.29 is 4.74 Å². The molecule has 0 heterocycles. The lowest BCUT2D eigenvalue weighted by atomic mass is 9.86. The van der Waals surface area contributed by atoms with E-state index in [0.29, 0.717) is 6.61 Å². The zero-order valence-electron chi connectivity index (χ0n) is 10.8. The van der Waals surface area contributed by atoms with Crippen molar-refractivity contribution in [3.8, 4) is 5.75 Å². The first-order chi connectivity index (χ1) is 7.42. The summed E-state index contributed by atoms with van der Waals surface area (Å²) in [4.78, 5) is 0. The minimum absolute atomic E-state index is 0.0837. The Balaban J connectivity index is 2.75. The second-order valence-electron chi connectivity index (χ2n) is 5.38. The number of hydrogen-bond acceptors (Lipinski definition) is 2. The van der Waals surface area contributed by atoms with Crippen LogP contribution >= 0.6 is 0 Å². The van der Waals surface area contributed by atoms with Gasteiger partial charge in [0.25, 0.3) is 0 Å². The molecular weight excluding hydrogens is 198 g/mol. The molecule has 0 spiro atoms. The molecule has 0 aliphatic heterocycles. The van der Waals surface area contributed by atoms with Gasteiger partial charge in [-0.25, -0.2) is 0 Å². The van der Waals surface area contributed by atoms with Crippen LogP contribution < -0.4 is 10.5 Å². The van der Waals surface area contributed by atoms with Gasteiger partial charge in [-0.3, -0.25) is 0 Å². The van der Waals surface area contributed by atoms with Crippen molar-refractivity contribution in [2.45, 2.75) is 40.2 Å². The van der Waals surface area contributed by atoms with Crippen LogP contribution in [0.15, 0.2) is 24.3 Å². The number of ether oxygens (including phenoxy) is 1. The summed E-state index contributed by atoms with van der Waals surface area (Å²) >= 11 is 0. The average molecular weight is 221 g/mol. The highest BCUT2D eigenvalue weighted by molar-refractivity contribution is 5.30. The molecule has 0 radical (unpaired) electrons. The molecule has 0 saturated heterocycles. The summed E-state index contributed by atoms with van der Waals surface area (Å²) in [5.74, 6) is 0.907. The van der Waals surface area contributed by atoms with Crippen LogP contribution in [0.3, 0.4) is 0 Å². The molecule has 90 valence electrons. The van der Waals surface area contributed by atoms with Crippen molar-refractivity contribution in [2.24, 2.45) is 11.1 Å². The predicted octanol–water partition coefficient (Wildman–Crippen LogP) is 3.52. The SMILES string of the molecule is CCOc1cccc(C(N)CC(C)(C)C)c1. The van der Waals surface area contributed by atoms with Crippen LogP contribution in [0.2, 0.25) is 0 Å². The van der Waals surface area contributed by atoms with Gasteiger partial charge < -0.3 is 10.5 Å². The molecule has 1 atom stereocenters. The zero-order valence-corrected chi connectivity index (χ0v) is 10.8. The quantitative estimate of drug-likeness (QED) is 0.844. The molecule has 2 nitrogen and oxygen atoms in total. The molecule has 1 unspecified atom stereocenters. The summed E-state index contributed by atoms with van der Waals surface area (Å²) in [5.41, 5.74) is 7.60. The van der Waals surface area contributed by atoms with E-state index in [1.54, 1.807) is 0 Å². The van der Waals surface area contributed by atoms with Gasteiger partial charge in [0, 0.05) is 6.04 Å². The molecule has 0 aliphatic carbocycles.